The summed E-state index contributed by atoms with van der Waals surface area (Å²) in [5.41, 5.74) is 1.67. The number of hydrogen-bond acceptors (Lipinski definition) is 8. The van der Waals surface area contributed by atoms with Gasteiger partial charge in [-0.15, -0.1) is 0 Å². The van der Waals surface area contributed by atoms with Crippen LogP contribution in [0, 0.1) is 0 Å². The van der Waals surface area contributed by atoms with E-state index in [2.05, 4.69) is 35.6 Å². The Morgan fingerprint density at radius 3 is 2.50 bits per heavy atom. The Hall–Kier alpha value is -3.69. The molecule has 4 rings (SSSR count). The number of piperazine rings is 1. The van der Waals surface area contributed by atoms with Crippen LogP contribution in [0.3, 0.4) is 0 Å². The highest BCUT2D eigenvalue weighted by atomic mass is 16.6. The van der Waals surface area contributed by atoms with Crippen molar-refractivity contribution < 1.29 is 19.1 Å². The Labute approximate surface area is 224 Å². The molecule has 0 aliphatic carbocycles. The van der Waals surface area contributed by atoms with Gasteiger partial charge in [-0.2, -0.15) is 0 Å². The van der Waals surface area contributed by atoms with Gasteiger partial charge in [0, 0.05) is 37.6 Å². The lowest BCUT2D eigenvalue weighted by molar-refractivity contribution is 0.0130. The molecule has 1 amide bonds. The lowest BCUT2D eigenvalue weighted by Gasteiger charge is -2.44. The average Bonchev–Trinajstić information content (AvgIpc) is 3.25. The quantitative estimate of drug-likeness (QED) is 0.434. The Morgan fingerprint density at radius 2 is 1.84 bits per heavy atom. The van der Waals surface area contributed by atoms with Gasteiger partial charge in [-0.25, -0.2) is 24.5 Å². The molecule has 3 aromatic rings. The van der Waals surface area contributed by atoms with Crippen LogP contribution in [0.25, 0.3) is 16.9 Å². The fraction of sp³-hybridized carbons (Fsp3) is 0.536. The minimum atomic E-state index is -0.552. The maximum Gasteiger partial charge on any atom is 0.410 e. The molecule has 4 heterocycles. The van der Waals surface area contributed by atoms with Crippen LogP contribution in [0.2, 0.25) is 0 Å². The van der Waals surface area contributed by atoms with Gasteiger partial charge in [0.25, 0.3) is 0 Å². The Balaban J connectivity index is 1.75. The molecule has 0 spiro atoms. The summed E-state index contributed by atoms with van der Waals surface area (Å²) in [6.07, 6.45) is 4.89. The van der Waals surface area contributed by atoms with Crippen LogP contribution in [0.1, 0.15) is 77.2 Å². The molecule has 38 heavy (non-hydrogen) atoms. The van der Waals surface area contributed by atoms with Crippen molar-refractivity contribution in [3.8, 4) is 5.82 Å². The van der Waals surface area contributed by atoms with Crippen molar-refractivity contribution in [2.45, 2.75) is 79.0 Å². The van der Waals surface area contributed by atoms with E-state index in [1.54, 1.807) is 36.5 Å². The Bertz CT molecular complexity index is 1330. The third kappa shape index (κ3) is 5.44. The normalized spacial score (nSPS) is 18.2. The second-order valence-electron chi connectivity index (χ2n) is 11.1. The first kappa shape index (κ1) is 27.3. The van der Waals surface area contributed by atoms with Crippen LogP contribution in [-0.2, 0) is 9.47 Å². The highest BCUT2D eigenvalue weighted by Crippen LogP contribution is 2.36. The number of ether oxygens (including phenoxy) is 2. The standard InChI is InChI=1S/C28H38N6O4/c1-9-37-26(35)20-10-11-29-22(12-20)34-15-21(17(2)3)23-24(30-16-31-25(23)34)32-13-19(5)33(14-18(32)4)27(36)38-28(6,7)8/h10-12,15-19H,9,13-14H2,1-8H3/t18?,19-/m0/s1. The van der Waals surface area contributed by atoms with E-state index in [1.165, 1.54) is 0 Å². The van der Waals surface area contributed by atoms with Crippen LogP contribution in [0.5, 0.6) is 0 Å². The van der Waals surface area contributed by atoms with Crippen LogP contribution >= 0.6 is 0 Å². The molecule has 0 saturated carbocycles. The average molecular weight is 523 g/mol. The molecule has 0 bridgehead atoms. The molecular weight excluding hydrogens is 484 g/mol. The van der Waals surface area contributed by atoms with Crippen molar-refractivity contribution in [3.63, 3.8) is 0 Å². The van der Waals surface area contributed by atoms with Crippen molar-refractivity contribution in [2.24, 2.45) is 0 Å². The van der Waals surface area contributed by atoms with Gasteiger partial charge < -0.3 is 19.3 Å². The van der Waals surface area contributed by atoms with Crippen LogP contribution < -0.4 is 4.90 Å². The lowest BCUT2D eigenvalue weighted by Crippen LogP contribution is -2.59. The van der Waals surface area contributed by atoms with Gasteiger partial charge in [0.1, 0.15) is 23.6 Å². The molecular formula is C28H38N6O4. The van der Waals surface area contributed by atoms with Gasteiger partial charge in [-0.05, 0) is 65.2 Å². The smallest absolute Gasteiger partial charge is 0.410 e. The third-order valence-electron chi connectivity index (χ3n) is 6.60. The molecule has 10 nitrogen and oxygen atoms in total. The topological polar surface area (TPSA) is 103 Å². The molecule has 1 aliphatic rings. The van der Waals surface area contributed by atoms with Crippen LogP contribution in [-0.4, -0.2) is 73.9 Å². The zero-order valence-corrected chi connectivity index (χ0v) is 23.6. The van der Waals surface area contributed by atoms with Crippen LogP contribution in [0.4, 0.5) is 10.6 Å². The predicted octanol–water partition coefficient (Wildman–Crippen LogP) is 4.95. The summed E-state index contributed by atoms with van der Waals surface area (Å²) in [5, 5.41) is 0.940. The molecule has 0 radical (unpaired) electrons. The molecule has 0 N–H and O–H groups in total. The molecule has 1 fully saturated rings. The van der Waals surface area contributed by atoms with Crippen molar-refractivity contribution in [3.05, 3.63) is 42.0 Å². The van der Waals surface area contributed by atoms with E-state index in [0.717, 1.165) is 16.8 Å². The molecule has 204 valence electrons. The number of rotatable bonds is 5. The third-order valence-corrected chi connectivity index (χ3v) is 6.60. The second-order valence-corrected chi connectivity index (χ2v) is 11.1. The first-order valence-electron chi connectivity index (χ1n) is 13.2. The van der Waals surface area contributed by atoms with Gasteiger partial charge in [-0.1, -0.05) is 13.8 Å². The highest BCUT2D eigenvalue weighted by Gasteiger charge is 2.36. The zero-order chi connectivity index (χ0) is 27.8. The van der Waals surface area contributed by atoms with Crippen molar-refractivity contribution in [1.82, 2.24) is 24.4 Å². The van der Waals surface area contributed by atoms with Gasteiger partial charge >= 0.3 is 12.1 Å². The van der Waals surface area contributed by atoms with Gasteiger partial charge in [0.15, 0.2) is 5.65 Å². The van der Waals surface area contributed by atoms with E-state index < -0.39 is 11.6 Å². The molecule has 3 aromatic heterocycles. The fourth-order valence-corrected chi connectivity index (χ4v) is 4.79. The number of fused-ring (bicyclic) bond motifs is 1. The highest BCUT2D eigenvalue weighted by molar-refractivity contribution is 5.94. The summed E-state index contributed by atoms with van der Waals surface area (Å²) in [4.78, 5) is 43.2. The molecule has 2 atom stereocenters. The first-order chi connectivity index (χ1) is 17.9. The lowest BCUT2D eigenvalue weighted by atomic mass is 10.0. The number of esters is 1. The fourth-order valence-electron chi connectivity index (χ4n) is 4.79. The molecule has 1 saturated heterocycles. The SMILES string of the molecule is CCOC(=O)c1ccnc(-n2cc(C(C)C)c3c(N4C[C@H](C)N(C(=O)OC(C)(C)C)CC4C)ncnc32)c1. The summed E-state index contributed by atoms with van der Waals surface area (Å²) in [6.45, 7) is 17.2. The van der Waals surface area contributed by atoms with Crippen molar-refractivity contribution in [2.75, 3.05) is 24.6 Å². The van der Waals surface area contributed by atoms with Crippen LogP contribution in [0.15, 0.2) is 30.9 Å². The predicted molar refractivity (Wildman–Crippen MR) is 146 cm³/mol. The molecule has 0 aromatic carbocycles. The minimum absolute atomic E-state index is 0.00504. The Morgan fingerprint density at radius 1 is 1.11 bits per heavy atom. The van der Waals surface area contributed by atoms with E-state index in [9.17, 15) is 9.59 Å². The number of pyridine rings is 1. The number of anilines is 1. The van der Waals surface area contributed by atoms with Gasteiger partial charge in [0.2, 0.25) is 0 Å². The Kier molecular flexibility index (Phi) is 7.62. The maximum absolute atomic E-state index is 12.9. The number of aromatic nitrogens is 4. The first-order valence-corrected chi connectivity index (χ1v) is 13.2. The summed E-state index contributed by atoms with van der Waals surface area (Å²) < 4.78 is 12.7. The number of carbonyl (C=O) groups is 2. The number of carbonyl (C=O) groups excluding carboxylic acids is 2. The van der Waals surface area contributed by atoms with Gasteiger partial charge in [0.05, 0.1) is 17.6 Å². The summed E-state index contributed by atoms with van der Waals surface area (Å²) >= 11 is 0. The second kappa shape index (κ2) is 10.6. The van der Waals surface area contributed by atoms with Crippen molar-refractivity contribution >= 4 is 28.9 Å². The molecule has 1 unspecified atom stereocenters. The largest absolute Gasteiger partial charge is 0.462 e. The van der Waals surface area contributed by atoms with E-state index in [0.29, 0.717) is 36.7 Å². The summed E-state index contributed by atoms with van der Waals surface area (Å²) in [6, 6.07) is 3.29. The number of amides is 1. The van der Waals surface area contributed by atoms with Crippen molar-refractivity contribution in [1.29, 1.82) is 0 Å². The molecule has 10 heteroatoms. The molecule has 1 aliphatic heterocycles. The number of nitrogens with zero attached hydrogens (tertiary/aromatic N) is 6. The van der Waals surface area contributed by atoms with E-state index in [-0.39, 0.29) is 24.1 Å². The van der Waals surface area contributed by atoms with Gasteiger partial charge in [-0.3, -0.25) is 4.57 Å². The van der Waals surface area contributed by atoms with E-state index >= 15 is 0 Å². The summed E-state index contributed by atoms with van der Waals surface area (Å²) in [5.74, 6) is 1.20. The monoisotopic (exact) mass is 522 g/mol. The number of hydrogen-bond donors (Lipinski definition) is 0. The zero-order valence-electron chi connectivity index (χ0n) is 23.6. The summed E-state index contributed by atoms with van der Waals surface area (Å²) in [7, 11) is 0. The van der Waals surface area contributed by atoms with E-state index in [4.69, 9.17) is 14.5 Å². The maximum atomic E-state index is 12.9. The minimum Gasteiger partial charge on any atom is -0.462 e. The van der Waals surface area contributed by atoms with E-state index in [1.807, 2.05) is 38.5 Å².